The Bertz CT molecular complexity index is 589. The number of aryl methyl sites for hydroxylation is 1. The first-order chi connectivity index (χ1) is 8.70. The summed E-state index contributed by atoms with van der Waals surface area (Å²) in [6.45, 7) is 2.34. The number of halogens is 1. The average molecular weight is 279 g/mol. The highest BCUT2D eigenvalue weighted by atomic mass is 35.5. The molecule has 0 radical (unpaired) electrons. The van der Waals surface area contributed by atoms with Crippen LogP contribution >= 0.6 is 22.9 Å². The molecule has 5 heteroatoms. The highest BCUT2D eigenvalue weighted by Gasteiger charge is 2.07. The van der Waals surface area contributed by atoms with Crippen LogP contribution in [0, 0.1) is 18.3 Å². The van der Waals surface area contributed by atoms with Crippen LogP contribution in [-0.4, -0.2) is 11.6 Å². The molecule has 0 bridgehead atoms. The van der Waals surface area contributed by atoms with Crippen molar-refractivity contribution >= 4 is 22.9 Å². The maximum Gasteiger partial charge on any atom is 0.137 e. The van der Waals surface area contributed by atoms with Gasteiger partial charge in [-0.05, 0) is 19.1 Å². The zero-order valence-electron chi connectivity index (χ0n) is 9.81. The normalized spacial score (nSPS) is 10.1. The van der Waals surface area contributed by atoms with Gasteiger partial charge in [-0.2, -0.15) is 5.26 Å². The monoisotopic (exact) mass is 278 g/mol. The number of rotatable bonds is 4. The molecule has 0 fully saturated rings. The summed E-state index contributed by atoms with van der Waals surface area (Å²) in [4.78, 5) is 4.99. The average Bonchev–Trinajstić information content (AvgIpc) is 2.72. The van der Waals surface area contributed by atoms with E-state index in [-0.39, 0.29) is 0 Å². The van der Waals surface area contributed by atoms with E-state index in [1.54, 1.807) is 6.07 Å². The third-order valence-electron chi connectivity index (χ3n) is 2.35. The number of aromatic nitrogens is 1. The molecule has 0 aliphatic rings. The van der Waals surface area contributed by atoms with E-state index < -0.39 is 0 Å². The summed E-state index contributed by atoms with van der Waals surface area (Å²) in [5.41, 5.74) is 0.787. The van der Waals surface area contributed by atoms with Crippen LogP contribution in [0.1, 0.15) is 15.6 Å². The molecule has 1 aromatic heterocycles. The third-order valence-corrected chi connectivity index (χ3v) is 3.79. The van der Waals surface area contributed by atoms with Gasteiger partial charge < -0.3 is 4.74 Å². The topological polar surface area (TPSA) is 45.9 Å². The van der Waals surface area contributed by atoms with Crippen molar-refractivity contribution < 1.29 is 4.74 Å². The maximum absolute atomic E-state index is 8.84. The molecule has 1 heterocycles. The highest BCUT2D eigenvalue weighted by Crippen LogP contribution is 2.23. The lowest BCUT2D eigenvalue weighted by molar-refractivity contribution is 0.322. The summed E-state index contributed by atoms with van der Waals surface area (Å²) in [6.07, 6.45) is 0.679. The lowest BCUT2D eigenvalue weighted by Gasteiger charge is -2.05. The number of hydrogen-bond donors (Lipinski definition) is 0. The van der Waals surface area contributed by atoms with Crippen molar-refractivity contribution in [1.29, 1.82) is 5.26 Å². The lowest BCUT2D eigenvalue weighted by Crippen LogP contribution is -2.01. The Labute approximate surface area is 115 Å². The van der Waals surface area contributed by atoms with Crippen molar-refractivity contribution in [3.8, 4) is 11.8 Å². The first kappa shape index (κ1) is 12.9. The number of thiazole rings is 1. The first-order valence-corrected chi connectivity index (χ1v) is 6.64. The SMILES string of the molecule is Cc1nc(CCOc2ccccc2Cl)sc1C#N. The standard InChI is InChI=1S/C13H11ClN2OS/c1-9-12(8-15)18-13(16-9)6-7-17-11-5-3-2-4-10(11)14/h2-5H,6-7H2,1H3. The molecule has 0 unspecified atom stereocenters. The quantitative estimate of drug-likeness (QED) is 0.858. The van der Waals surface area contributed by atoms with E-state index >= 15 is 0 Å². The van der Waals surface area contributed by atoms with E-state index in [1.165, 1.54) is 11.3 Å². The number of benzene rings is 1. The van der Waals surface area contributed by atoms with Crippen molar-refractivity contribution in [3.05, 3.63) is 44.9 Å². The van der Waals surface area contributed by atoms with Gasteiger partial charge >= 0.3 is 0 Å². The van der Waals surface area contributed by atoms with Crippen molar-refractivity contribution in [2.45, 2.75) is 13.3 Å². The van der Waals surface area contributed by atoms with Crippen molar-refractivity contribution in [1.82, 2.24) is 4.98 Å². The fourth-order valence-electron chi connectivity index (χ4n) is 1.47. The fraction of sp³-hybridized carbons (Fsp3) is 0.231. The molecule has 1 aromatic carbocycles. The second kappa shape index (κ2) is 5.85. The number of nitrogens with zero attached hydrogens (tertiary/aromatic N) is 2. The van der Waals surface area contributed by atoms with Crippen LogP contribution in [0.15, 0.2) is 24.3 Å². The smallest absolute Gasteiger partial charge is 0.137 e. The van der Waals surface area contributed by atoms with Gasteiger partial charge in [-0.25, -0.2) is 4.98 Å². The van der Waals surface area contributed by atoms with Crippen LogP contribution in [-0.2, 0) is 6.42 Å². The predicted octanol–water partition coefficient (Wildman–Crippen LogP) is 3.60. The summed E-state index contributed by atoms with van der Waals surface area (Å²) in [7, 11) is 0. The Morgan fingerprint density at radius 2 is 2.22 bits per heavy atom. The zero-order chi connectivity index (χ0) is 13.0. The van der Waals surface area contributed by atoms with E-state index in [4.69, 9.17) is 21.6 Å². The predicted molar refractivity (Wildman–Crippen MR) is 72.2 cm³/mol. The molecule has 0 saturated heterocycles. The highest BCUT2D eigenvalue weighted by molar-refractivity contribution is 7.12. The minimum atomic E-state index is 0.502. The van der Waals surface area contributed by atoms with Crippen LogP contribution in [0.5, 0.6) is 5.75 Å². The van der Waals surface area contributed by atoms with Gasteiger partial charge in [-0.3, -0.25) is 0 Å². The van der Waals surface area contributed by atoms with Crippen LogP contribution in [0.3, 0.4) is 0 Å². The molecule has 0 aliphatic carbocycles. The minimum absolute atomic E-state index is 0.502. The van der Waals surface area contributed by atoms with Gasteiger partial charge in [-0.15, -0.1) is 11.3 Å². The van der Waals surface area contributed by atoms with E-state index in [9.17, 15) is 0 Å². The Kier molecular flexibility index (Phi) is 4.19. The van der Waals surface area contributed by atoms with Gasteiger partial charge in [0.25, 0.3) is 0 Å². The molecular weight excluding hydrogens is 268 g/mol. The first-order valence-electron chi connectivity index (χ1n) is 5.44. The van der Waals surface area contributed by atoms with Gasteiger partial charge in [0, 0.05) is 6.42 Å². The molecule has 0 atom stereocenters. The molecule has 0 aliphatic heterocycles. The molecular formula is C13H11ClN2OS. The minimum Gasteiger partial charge on any atom is -0.492 e. The molecule has 0 amide bonds. The molecule has 18 heavy (non-hydrogen) atoms. The molecule has 2 aromatic rings. The number of ether oxygens (including phenoxy) is 1. The third kappa shape index (κ3) is 3.00. The lowest BCUT2D eigenvalue weighted by atomic mass is 10.3. The summed E-state index contributed by atoms with van der Waals surface area (Å²) in [5.74, 6) is 0.674. The summed E-state index contributed by atoms with van der Waals surface area (Å²) in [5, 5.41) is 10.4. The van der Waals surface area contributed by atoms with Crippen LogP contribution in [0.4, 0.5) is 0 Å². The van der Waals surface area contributed by atoms with Crippen LogP contribution in [0.2, 0.25) is 5.02 Å². The zero-order valence-corrected chi connectivity index (χ0v) is 11.4. The summed E-state index contributed by atoms with van der Waals surface area (Å²) >= 11 is 7.39. The second-order valence-corrected chi connectivity index (χ2v) is 5.15. The maximum atomic E-state index is 8.84. The Morgan fingerprint density at radius 3 is 2.89 bits per heavy atom. The van der Waals surface area contributed by atoms with E-state index in [0.717, 1.165) is 10.7 Å². The van der Waals surface area contributed by atoms with Gasteiger partial charge in [0.1, 0.15) is 16.7 Å². The second-order valence-electron chi connectivity index (χ2n) is 3.66. The van der Waals surface area contributed by atoms with Gasteiger partial charge in [0.15, 0.2) is 0 Å². The van der Waals surface area contributed by atoms with Crippen LogP contribution in [0.25, 0.3) is 0 Å². The number of hydrogen-bond acceptors (Lipinski definition) is 4. The fourth-order valence-corrected chi connectivity index (χ4v) is 2.51. The Morgan fingerprint density at radius 1 is 1.44 bits per heavy atom. The Balaban J connectivity index is 1.93. The van der Waals surface area contributed by atoms with Crippen molar-refractivity contribution in [2.75, 3.05) is 6.61 Å². The molecule has 92 valence electrons. The van der Waals surface area contributed by atoms with E-state index in [1.807, 2.05) is 25.1 Å². The van der Waals surface area contributed by atoms with Crippen LogP contribution < -0.4 is 4.74 Å². The number of nitriles is 1. The van der Waals surface area contributed by atoms with Gasteiger partial charge in [-0.1, -0.05) is 23.7 Å². The summed E-state index contributed by atoms with van der Waals surface area (Å²) in [6, 6.07) is 9.48. The molecule has 2 rings (SSSR count). The van der Waals surface area contributed by atoms with Crippen molar-refractivity contribution in [2.24, 2.45) is 0 Å². The summed E-state index contributed by atoms with van der Waals surface area (Å²) < 4.78 is 5.58. The van der Waals surface area contributed by atoms with E-state index in [2.05, 4.69) is 11.1 Å². The molecule has 0 spiro atoms. The Hall–Kier alpha value is -1.57. The van der Waals surface area contributed by atoms with Crippen molar-refractivity contribution in [3.63, 3.8) is 0 Å². The molecule has 3 nitrogen and oxygen atoms in total. The van der Waals surface area contributed by atoms with E-state index in [0.29, 0.717) is 28.7 Å². The molecule has 0 saturated carbocycles. The number of para-hydroxylation sites is 1. The molecule has 0 N–H and O–H groups in total. The van der Waals surface area contributed by atoms with Gasteiger partial charge in [0.2, 0.25) is 0 Å². The van der Waals surface area contributed by atoms with Gasteiger partial charge in [0.05, 0.1) is 22.3 Å². The largest absolute Gasteiger partial charge is 0.492 e.